The molecule has 0 aliphatic carbocycles. The monoisotopic (exact) mass is 117 g/mol. The van der Waals surface area contributed by atoms with Gasteiger partial charge < -0.3 is 5.11 Å². The van der Waals surface area contributed by atoms with Gasteiger partial charge in [0.25, 0.3) is 0 Å². The lowest BCUT2D eigenvalue weighted by Gasteiger charge is -1.91. The maximum atomic E-state index is 9.72. The molecule has 0 aliphatic heterocycles. The topological polar surface area (TPSA) is 74.3 Å². The second-order valence-electron chi connectivity index (χ2n) is 1.38. The fourth-order valence-electron chi connectivity index (χ4n) is 0.101. The van der Waals surface area contributed by atoms with E-state index in [2.05, 4.69) is 0 Å². The van der Waals surface area contributed by atoms with Crippen LogP contribution in [-0.4, -0.2) is 17.0 Å². The van der Waals surface area contributed by atoms with Crippen LogP contribution in [-0.2, 0) is 14.7 Å². The highest BCUT2D eigenvalue weighted by Crippen LogP contribution is 1.92. The summed E-state index contributed by atoms with van der Waals surface area (Å²) in [4.78, 5) is 19.4. The van der Waals surface area contributed by atoms with E-state index in [0.29, 0.717) is 0 Å². The van der Waals surface area contributed by atoms with Crippen molar-refractivity contribution in [3.63, 3.8) is 0 Å². The zero-order valence-corrected chi connectivity index (χ0v) is 4.25. The number of carboxylic acids is 1. The molecule has 0 heterocycles. The summed E-state index contributed by atoms with van der Waals surface area (Å²) in [6, 6.07) is 0. The minimum atomic E-state index is -1.56. The van der Waals surface area contributed by atoms with Crippen molar-refractivity contribution in [1.29, 1.82) is 0 Å². The highest BCUT2D eigenvalue weighted by molar-refractivity contribution is 5.92. The predicted molar refractivity (Wildman–Crippen MR) is 22.5 cm³/mol. The maximum Gasteiger partial charge on any atom is 0.369 e. The maximum absolute atomic E-state index is 9.72. The molecule has 4 nitrogen and oxygen atoms in total. The molecule has 1 N–H and O–H groups in total. The highest BCUT2D eigenvalue weighted by Gasteiger charge is 2.20. The van der Waals surface area contributed by atoms with Gasteiger partial charge in [0.05, 0.1) is 0 Å². The molecular weight excluding hydrogens is 112 g/mol. The zero-order chi connectivity index (χ0) is 6.73. The molecule has 0 bridgehead atoms. The normalized spacial score (nSPS) is 9.25. The van der Waals surface area contributed by atoms with Gasteiger partial charge in [0.15, 0.2) is 5.92 Å². The molecule has 0 aromatic carbocycles. The first-order valence-corrected chi connectivity index (χ1v) is 1.99. The van der Waals surface area contributed by atoms with E-state index >= 15 is 0 Å². The van der Waals surface area contributed by atoms with Gasteiger partial charge in [-0.3, -0.25) is 4.79 Å². The summed E-state index contributed by atoms with van der Waals surface area (Å²) in [6.07, 6.45) is 0. The second-order valence-corrected chi connectivity index (χ2v) is 1.38. The number of aliphatic carboxylic acids is 1. The van der Waals surface area contributed by atoms with Gasteiger partial charge in [0.2, 0.25) is 0 Å². The van der Waals surface area contributed by atoms with Crippen LogP contribution < -0.4 is 0 Å². The summed E-state index contributed by atoms with van der Waals surface area (Å²) in [7, 11) is 0. The van der Waals surface area contributed by atoms with Crippen LogP contribution in [0.1, 0.15) is 6.92 Å². The van der Waals surface area contributed by atoms with Crippen LogP contribution >= 0.6 is 0 Å². The van der Waals surface area contributed by atoms with Crippen molar-refractivity contribution in [2.75, 3.05) is 0 Å². The van der Waals surface area contributed by atoms with Crippen molar-refractivity contribution in [1.82, 2.24) is 0 Å². The van der Waals surface area contributed by atoms with Gasteiger partial charge in [-0.1, -0.05) is 0 Å². The van der Waals surface area contributed by atoms with E-state index in [0.717, 1.165) is 6.92 Å². The Balaban J connectivity index is 3.83. The highest BCUT2D eigenvalue weighted by atomic mass is 16.4. The van der Waals surface area contributed by atoms with Gasteiger partial charge in [-0.15, -0.1) is 0 Å². The third kappa shape index (κ3) is 1.59. The first-order valence-electron chi connectivity index (χ1n) is 1.99. The summed E-state index contributed by atoms with van der Waals surface area (Å²) in [5, 5.41) is 17.6. The van der Waals surface area contributed by atoms with Gasteiger partial charge in [0.1, 0.15) is 0 Å². The molecule has 0 rings (SSSR count). The summed E-state index contributed by atoms with van der Waals surface area (Å²) < 4.78 is 0. The van der Waals surface area contributed by atoms with Crippen LogP contribution in [0.4, 0.5) is 0 Å². The van der Waals surface area contributed by atoms with Gasteiger partial charge in [0, 0.05) is 0 Å². The number of hydrogen-bond acceptors (Lipinski definition) is 2. The van der Waals surface area contributed by atoms with E-state index in [1.165, 1.54) is 0 Å². The Morgan fingerprint density at radius 2 is 1.88 bits per heavy atom. The van der Waals surface area contributed by atoms with Crippen LogP contribution in [0.3, 0.4) is 0 Å². The molecule has 0 amide bonds. The molecule has 0 aromatic heterocycles. The van der Waals surface area contributed by atoms with Gasteiger partial charge in [-0.05, 0) is 6.92 Å². The Labute approximate surface area is 45.7 Å². The van der Waals surface area contributed by atoms with Crippen LogP contribution in [0.15, 0.2) is 0 Å². The Morgan fingerprint density at radius 3 is 1.88 bits per heavy atom. The largest absolute Gasteiger partial charge is 0.481 e. The van der Waals surface area contributed by atoms with E-state index in [1.807, 2.05) is 0 Å². The van der Waals surface area contributed by atoms with E-state index < -0.39 is 17.9 Å². The van der Waals surface area contributed by atoms with E-state index in [1.54, 1.807) is 0 Å². The number of rotatable bonds is 2. The van der Waals surface area contributed by atoms with Crippen LogP contribution in [0.5, 0.6) is 0 Å². The van der Waals surface area contributed by atoms with Crippen molar-refractivity contribution >= 4 is 11.9 Å². The van der Waals surface area contributed by atoms with Crippen molar-refractivity contribution in [2.24, 2.45) is 5.92 Å². The second kappa shape index (κ2) is 2.30. The molecule has 0 aliphatic rings. The standard InChI is InChI=1S/C4H5O4/c1-2(3(5)6)4(7)8/h2H,1H3,(H,5,6). The van der Waals surface area contributed by atoms with Crippen LogP contribution in [0.2, 0.25) is 0 Å². The van der Waals surface area contributed by atoms with Crippen molar-refractivity contribution in [3.8, 4) is 0 Å². The third-order valence-corrected chi connectivity index (χ3v) is 0.724. The molecule has 8 heavy (non-hydrogen) atoms. The number of carbonyl (C=O) groups is 2. The van der Waals surface area contributed by atoms with Gasteiger partial charge in [-0.2, -0.15) is 0 Å². The molecule has 0 fully saturated rings. The SMILES string of the molecule is CC(C([O])=O)C(=O)O. The summed E-state index contributed by atoms with van der Waals surface area (Å²) in [5.74, 6) is -4.34. The molecule has 1 atom stereocenters. The lowest BCUT2D eigenvalue weighted by molar-refractivity contribution is -0.157. The summed E-state index contributed by atoms with van der Waals surface area (Å²) >= 11 is 0. The molecule has 0 spiro atoms. The zero-order valence-electron chi connectivity index (χ0n) is 4.25. The smallest absolute Gasteiger partial charge is 0.369 e. The summed E-state index contributed by atoms with van der Waals surface area (Å²) in [6.45, 7) is 1.05. The molecule has 1 radical (unpaired) electrons. The fraction of sp³-hybridized carbons (Fsp3) is 0.500. The molecule has 1 unspecified atom stereocenters. The van der Waals surface area contributed by atoms with Gasteiger partial charge >= 0.3 is 11.9 Å². The lowest BCUT2D eigenvalue weighted by atomic mass is 10.2. The number of hydrogen-bond donors (Lipinski definition) is 1. The predicted octanol–water partition coefficient (Wildman–Crippen LogP) is -0.336. The van der Waals surface area contributed by atoms with Crippen molar-refractivity contribution < 1.29 is 19.8 Å². The third-order valence-electron chi connectivity index (χ3n) is 0.724. The molecule has 0 aromatic rings. The summed E-state index contributed by atoms with van der Waals surface area (Å²) in [5.41, 5.74) is 0. The first-order chi connectivity index (χ1) is 3.55. The molecule has 4 heteroatoms. The molecule has 45 valence electrons. The van der Waals surface area contributed by atoms with E-state index in [4.69, 9.17) is 5.11 Å². The van der Waals surface area contributed by atoms with E-state index in [9.17, 15) is 14.7 Å². The first kappa shape index (κ1) is 6.94. The Kier molecular flexibility index (Phi) is 1.99. The van der Waals surface area contributed by atoms with Crippen molar-refractivity contribution in [3.05, 3.63) is 0 Å². The minimum Gasteiger partial charge on any atom is -0.481 e. The number of carbonyl (C=O) groups excluding carboxylic acids is 1. The van der Waals surface area contributed by atoms with E-state index in [-0.39, 0.29) is 0 Å². The van der Waals surface area contributed by atoms with Crippen LogP contribution in [0.25, 0.3) is 0 Å². The fourth-order valence-corrected chi connectivity index (χ4v) is 0.101. The molecular formula is C4H5O4. The van der Waals surface area contributed by atoms with Gasteiger partial charge in [-0.25, -0.2) is 9.90 Å². The minimum absolute atomic E-state index is 1.05. The quantitative estimate of drug-likeness (QED) is 0.503. The Morgan fingerprint density at radius 1 is 1.50 bits per heavy atom. The van der Waals surface area contributed by atoms with Crippen molar-refractivity contribution in [2.45, 2.75) is 6.92 Å². The lowest BCUT2D eigenvalue weighted by Crippen LogP contribution is -2.18. The number of carboxylic acid groups (broad SMARTS) is 1. The van der Waals surface area contributed by atoms with Crippen LogP contribution in [0, 0.1) is 5.92 Å². The Hall–Kier alpha value is -1.06. The average Bonchev–Trinajstić information content (AvgIpc) is 1.64. The Bertz CT molecular complexity index is 103. The average molecular weight is 117 g/mol. The molecule has 0 saturated carbocycles. The molecule has 0 saturated heterocycles.